The van der Waals surface area contributed by atoms with Gasteiger partial charge in [0.15, 0.2) is 0 Å². The van der Waals surface area contributed by atoms with Gasteiger partial charge in [-0.3, -0.25) is 0 Å². The molecule has 3 heteroatoms. The molecule has 0 amide bonds. The molecular formula is C12H10O2Y. The average Bonchev–Trinajstić information content (AvgIpc) is 2.21. The van der Waals surface area contributed by atoms with E-state index in [0.29, 0.717) is 0 Å². The standard InChI is InChI=1S/2C6H6O.Y/c2*7-6-4-2-1-3-5-6;/h2*1-5,7H;/q;;+2/p-2. The molecule has 0 aliphatic carbocycles. The molecule has 0 heterocycles. The molecule has 0 spiro atoms. The Balaban J connectivity index is 0.000000245. The van der Waals surface area contributed by atoms with Crippen LogP contribution >= 0.6 is 0 Å². The van der Waals surface area contributed by atoms with E-state index in [9.17, 15) is 10.2 Å². The average molecular weight is 275 g/mol. The monoisotopic (exact) mass is 275 g/mol. The third kappa shape index (κ3) is 7.12. The third-order valence-electron chi connectivity index (χ3n) is 1.49. The zero-order chi connectivity index (χ0) is 10.2. The Hall–Kier alpha value is -0.856. The summed E-state index contributed by atoms with van der Waals surface area (Å²) in [7, 11) is 0. The van der Waals surface area contributed by atoms with Crippen molar-refractivity contribution < 1.29 is 42.9 Å². The Bertz CT molecular complexity index is 311. The molecule has 2 nitrogen and oxygen atoms in total. The summed E-state index contributed by atoms with van der Waals surface area (Å²) in [4.78, 5) is 0. The van der Waals surface area contributed by atoms with Crippen molar-refractivity contribution in [2.45, 2.75) is 0 Å². The van der Waals surface area contributed by atoms with E-state index in [1.54, 1.807) is 24.3 Å². The van der Waals surface area contributed by atoms with Crippen molar-refractivity contribution in [2.75, 3.05) is 0 Å². The van der Waals surface area contributed by atoms with Crippen LogP contribution in [0.25, 0.3) is 0 Å². The van der Waals surface area contributed by atoms with Crippen molar-refractivity contribution in [3.8, 4) is 11.5 Å². The molecule has 73 valence electrons. The van der Waals surface area contributed by atoms with E-state index in [-0.39, 0.29) is 44.2 Å². The van der Waals surface area contributed by atoms with Crippen LogP contribution in [0.1, 0.15) is 0 Å². The van der Waals surface area contributed by atoms with Crippen molar-refractivity contribution in [3.05, 3.63) is 60.7 Å². The fourth-order valence-corrected chi connectivity index (χ4v) is 0.841. The minimum atomic E-state index is 0. The van der Waals surface area contributed by atoms with Gasteiger partial charge >= 0.3 is 32.7 Å². The van der Waals surface area contributed by atoms with Crippen LogP contribution in [0.3, 0.4) is 0 Å². The van der Waals surface area contributed by atoms with Crippen LogP contribution in [-0.2, 0) is 32.7 Å². The predicted octanol–water partition coefficient (Wildman–Crippen LogP) is 1.52. The molecule has 0 saturated heterocycles. The molecule has 1 radical (unpaired) electrons. The molecule has 15 heavy (non-hydrogen) atoms. The first-order valence-corrected chi connectivity index (χ1v) is 4.23. The molecule has 0 fully saturated rings. The fourth-order valence-electron chi connectivity index (χ4n) is 0.841. The SMILES string of the molecule is [O-]c1ccccc1.[O-]c1ccccc1.[Y+2]. The minimum absolute atomic E-state index is 0. The Kier molecular flexibility index (Phi) is 7.97. The van der Waals surface area contributed by atoms with E-state index >= 15 is 0 Å². The van der Waals surface area contributed by atoms with Crippen molar-refractivity contribution >= 4 is 0 Å². The molecule has 2 aromatic carbocycles. The maximum Gasteiger partial charge on any atom is 2.00 e. The molecule has 0 aromatic heterocycles. The van der Waals surface area contributed by atoms with Gasteiger partial charge in [-0.2, -0.15) is 0 Å². The van der Waals surface area contributed by atoms with Crippen LogP contribution in [-0.4, -0.2) is 0 Å². The molecular weight excluding hydrogens is 265 g/mol. The molecule has 0 N–H and O–H groups in total. The summed E-state index contributed by atoms with van der Waals surface area (Å²) < 4.78 is 0. The smallest absolute Gasteiger partial charge is 0.872 e. The van der Waals surface area contributed by atoms with Crippen molar-refractivity contribution in [2.24, 2.45) is 0 Å². The molecule has 2 rings (SSSR count). The first kappa shape index (κ1) is 14.1. The van der Waals surface area contributed by atoms with Gasteiger partial charge in [-0.15, -0.1) is 11.5 Å². The van der Waals surface area contributed by atoms with Crippen molar-refractivity contribution in [3.63, 3.8) is 0 Å². The van der Waals surface area contributed by atoms with Gasteiger partial charge in [-0.05, 0) is 0 Å². The summed E-state index contributed by atoms with van der Waals surface area (Å²) >= 11 is 0. The van der Waals surface area contributed by atoms with Crippen LogP contribution in [0.2, 0.25) is 0 Å². The van der Waals surface area contributed by atoms with E-state index in [4.69, 9.17) is 0 Å². The Morgan fingerprint density at radius 3 is 0.933 bits per heavy atom. The maximum absolute atomic E-state index is 10.3. The Morgan fingerprint density at radius 2 is 0.800 bits per heavy atom. The molecule has 0 atom stereocenters. The summed E-state index contributed by atoms with van der Waals surface area (Å²) in [6.45, 7) is 0. The minimum Gasteiger partial charge on any atom is -0.872 e. The zero-order valence-electron chi connectivity index (χ0n) is 8.17. The van der Waals surface area contributed by atoms with E-state index in [2.05, 4.69) is 0 Å². The maximum atomic E-state index is 10.3. The second-order valence-corrected chi connectivity index (χ2v) is 2.63. The van der Waals surface area contributed by atoms with E-state index in [0.717, 1.165) is 0 Å². The zero-order valence-corrected chi connectivity index (χ0v) is 11.0. The van der Waals surface area contributed by atoms with E-state index in [1.807, 2.05) is 12.1 Å². The number of hydrogen-bond donors (Lipinski definition) is 0. The molecule has 0 unspecified atom stereocenters. The number of rotatable bonds is 0. The first-order valence-electron chi connectivity index (χ1n) is 4.23. The van der Waals surface area contributed by atoms with Gasteiger partial charge in [0.05, 0.1) is 0 Å². The van der Waals surface area contributed by atoms with Gasteiger partial charge in [0.2, 0.25) is 0 Å². The van der Waals surface area contributed by atoms with E-state index < -0.39 is 0 Å². The molecule has 0 saturated carbocycles. The second-order valence-electron chi connectivity index (χ2n) is 2.63. The van der Waals surface area contributed by atoms with Gasteiger partial charge in [0.25, 0.3) is 0 Å². The molecule has 0 aliphatic heterocycles. The number of hydrogen-bond acceptors (Lipinski definition) is 2. The molecule has 0 aliphatic rings. The normalized spacial score (nSPS) is 8.00. The molecule has 2 aromatic rings. The van der Waals surface area contributed by atoms with Gasteiger partial charge in [-0.25, -0.2) is 0 Å². The van der Waals surface area contributed by atoms with Crippen LogP contribution in [0.4, 0.5) is 0 Å². The van der Waals surface area contributed by atoms with Crippen LogP contribution < -0.4 is 10.2 Å². The third-order valence-corrected chi connectivity index (χ3v) is 1.49. The number of para-hydroxylation sites is 2. The van der Waals surface area contributed by atoms with Gasteiger partial charge in [0, 0.05) is 0 Å². The summed E-state index contributed by atoms with van der Waals surface area (Å²) in [6, 6.07) is 16.7. The van der Waals surface area contributed by atoms with Crippen LogP contribution in [0.5, 0.6) is 11.5 Å². The van der Waals surface area contributed by atoms with Crippen LogP contribution in [0.15, 0.2) is 60.7 Å². The molecule has 0 bridgehead atoms. The Morgan fingerprint density at radius 1 is 0.533 bits per heavy atom. The summed E-state index contributed by atoms with van der Waals surface area (Å²) in [5.41, 5.74) is 0. The van der Waals surface area contributed by atoms with E-state index in [1.165, 1.54) is 24.3 Å². The fraction of sp³-hybridized carbons (Fsp3) is 0. The summed E-state index contributed by atoms with van der Waals surface area (Å²) in [5, 5.41) is 20.5. The van der Waals surface area contributed by atoms with Crippen molar-refractivity contribution in [1.29, 1.82) is 0 Å². The summed E-state index contributed by atoms with van der Waals surface area (Å²) in [5.74, 6) is 0.144. The quantitative estimate of drug-likeness (QED) is 0.731. The first-order chi connectivity index (χ1) is 6.79. The number of benzene rings is 2. The van der Waals surface area contributed by atoms with Crippen LogP contribution in [0, 0.1) is 0 Å². The Labute approximate surface area is 114 Å². The van der Waals surface area contributed by atoms with Gasteiger partial charge < -0.3 is 10.2 Å². The summed E-state index contributed by atoms with van der Waals surface area (Å²) in [6.07, 6.45) is 0. The predicted molar refractivity (Wildman–Crippen MR) is 51.8 cm³/mol. The largest absolute Gasteiger partial charge is 2.00 e. The second kappa shape index (κ2) is 8.45. The topological polar surface area (TPSA) is 46.1 Å². The van der Waals surface area contributed by atoms with Crippen molar-refractivity contribution in [1.82, 2.24) is 0 Å². The van der Waals surface area contributed by atoms with Gasteiger partial charge in [0.1, 0.15) is 0 Å². The van der Waals surface area contributed by atoms with Gasteiger partial charge in [-0.1, -0.05) is 60.7 Å².